The molecule has 4 nitrogen and oxygen atoms in total. The van der Waals surface area contributed by atoms with Gasteiger partial charge in [-0.1, -0.05) is 47.5 Å². The van der Waals surface area contributed by atoms with Gasteiger partial charge in [0.25, 0.3) is 0 Å². The average molecular weight is 562 g/mol. The normalized spacial score (nSPS) is 15.5. The van der Waals surface area contributed by atoms with Gasteiger partial charge >= 0.3 is 0 Å². The van der Waals surface area contributed by atoms with Gasteiger partial charge in [-0.2, -0.15) is 0 Å². The van der Waals surface area contributed by atoms with Crippen molar-refractivity contribution in [1.29, 1.82) is 0 Å². The second-order valence-electron chi connectivity index (χ2n) is 6.31. The molecular weight excluding hydrogens is 538 g/mol. The van der Waals surface area contributed by atoms with Crippen molar-refractivity contribution in [2.75, 3.05) is 38.0 Å². The summed E-state index contributed by atoms with van der Waals surface area (Å²) in [6.45, 7) is 0. The first-order valence-electron chi connectivity index (χ1n) is 7.58. The summed E-state index contributed by atoms with van der Waals surface area (Å²) in [4.78, 5) is 1.07. The summed E-state index contributed by atoms with van der Waals surface area (Å²) in [6, 6.07) is 15.1. The predicted molar refractivity (Wildman–Crippen MR) is 105 cm³/mol. The molecule has 0 aromatic heterocycles. The van der Waals surface area contributed by atoms with E-state index in [1.165, 1.54) is 0 Å². The van der Waals surface area contributed by atoms with Crippen molar-refractivity contribution in [3.05, 3.63) is 59.7 Å². The molecule has 0 spiro atoms. The van der Waals surface area contributed by atoms with Gasteiger partial charge < -0.3 is 21.3 Å². The first-order chi connectivity index (χ1) is 11.1. The van der Waals surface area contributed by atoms with Gasteiger partial charge in [-0.05, 0) is 35.4 Å². The van der Waals surface area contributed by atoms with E-state index < -0.39 is 10.00 Å². The minimum absolute atomic E-state index is 0. The maximum absolute atomic E-state index is 6.62. The van der Waals surface area contributed by atoms with E-state index >= 15 is 0 Å². The Morgan fingerprint density at radius 3 is 1.08 bits per heavy atom. The van der Waals surface area contributed by atoms with Gasteiger partial charge in [0.2, 0.25) is 0 Å². The van der Waals surface area contributed by atoms with Gasteiger partial charge in [0, 0.05) is 60.6 Å². The van der Waals surface area contributed by atoms with E-state index in [1.807, 2.05) is 86.5 Å². The Balaban J connectivity index is 0.00000312. The maximum Gasteiger partial charge on any atom is 0.153 e. The fourth-order valence-electron chi connectivity index (χ4n) is 2.42. The first-order valence-corrected chi connectivity index (χ1v) is 8.34. The second kappa shape index (κ2) is 8.28. The van der Waals surface area contributed by atoms with E-state index in [1.54, 1.807) is 0 Å². The van der Waals surface area contributed by atoms with Crippen LogP contribution in [0.15, 0.2) is 48.5 Å². The van der Waals surface area contributed by atoms with E-state index in [2.05, 4.69) is 0 Å². The molecule has 2 unspecified atom stereocenters. The van der Waals surface area contributed by atoms with Crippen LogP contribution in [0.1, 0.15) is 11.1 Å². The van der Waals surface area contributed by atoms with Gasteiger partial charge in [0.05, 0.1) is 0 Å². The molecule has 0 aliphatic carbocycles. The van der Waals surface area contributed by atoms with Gasteiger partial charge in [0.15, 0.2) is 10.00 Å². The summed E-state index contributed by atoms with van der Waals surface area (Å²) in [5, 5.41) is 0. The number of anilines is 2. The zero-order valence-electron chi connectivity index (χ0n) is 14.7. The van der Waals surface area contributed by atoms with Crippen molar-refractivity contribution in [3.8, 4) is 0 Å². The van der Waals surface area contributed by atoms with Crippen LogP contribution in [0.4, 0.5) is 11.4 Å². The van der Waals surface area contributed by atoms with Crippen LogP contribution in [0.2, 0.25) is 0 Å². The van der Waals surface area contributed by atoms with E-state index in [0.717, 1.165) is 11.4 Å². The Morgan fingerprint density at radius 2 is 0.880 bits per heavy atom. The third-order valence-electron chi connectivity index (χ3n) is 4.14. The molecule has 0 saturated heterocycles. The monoisotopic (exact) mass is 561 g/mol. The average Bonchev–Trinajstić information content (AvgIpc) is 2.54. The second-order valence-corrected chi connectivity index (χ2v) is 7.50. The van der Waals surface area contributed by atoms with Crippen LogP contribution in [0.5, 0.6) is 0 Å². The standard InChI is InChI=1S/C18H24Cl2N4.Pt/c1-23(2)15-9-5-13(6-10-15)17(19,21)18(20,22)14-7-11-16(12-8-14)24(3)4;/h5-12H,21-22H2,1-4H3;. The van der Waals surface area contributed by atoms with Crippen molar-refractivity contribution in [2.24, 2.45) is 11.5 Å². The summed E-state index contributed by atoms with van der Waals surface area (Å²) in [5.74, 6) is 0. The topological polar surface area (TPSA) is 58.5 Å². The van der Waals surface area contributed by atoms with Crippen LogP contribution in [0.3, 0.4) is 0 Å². The van der Waals surface area contributed by atoms with Crippen molar-refractivity contribution < 1.29 is 21.1 Å². The van der Waals surface area contributed by atoms with Gasteiger partial charge in [-0.15, -0.1) is 0 Å². The van der Waals surface area contributed by atoms with Crippen LogP contribution in [-0.2, 0) is 31.1 Å². The van der Waals surface area contributed by atoms with Gasteiger partial charge in [0.1, 0.15) is 0 Å². The molecule has 0 heterocycles. The van der Waals surface area contributed by atoms with Crippen LogP contribution in [0, 0.1) is 0 Å². The number of hydrogen-bond donors (Lipinski definition) is 2. The minimum atomic E-state index is -1.46. The largest absolute Gasteiger partial charge is 0.378 e. The molecule has 0 saturated carbocycles. The molecule has 0 fully saturated rings. The molecule has 140 valence electrons. The number of benzene rings is 2. The third-order valence-corrected chi connectivity index (χ3v) is 5.27. The Hall–Kier alpha value is -0.772. The summed E-state index contributed by atoms with van der Waals surface area (Å²) < 4.78 is 0. The van der Waals surface area contributed by atoms with E-state index in [0.29, 0.717) is 11.1 Å². The number of halogens is 2. The molecule has 7 heteroatoms. The number of alkyl halides is 2. The number of rotatable bonds is 5. The van der Waals surface area contributed by atoms with E-state index in [9.17, 15) is 0 Å². The van der Waals surface area contributed by atoms with Crippen LogP contribution < -0.4 is 21.3 Å². The van der Waals surface area contributed by atoms with E-state index in [4.69, 9.17) is 34.7 Å². The quantitative estimate of drug-likeness (QED) is 0.435. The number of hydrogen-bond acceptors (Lipinski definition) is 4. The van der Waals surface area contributed by atoms with E-state index in [-0.39, 0.29) is 21.1 Å². The third kappa shape index (κ3) is 4.50. The fraction of sp³-hybridized carbons (Fsp3) is 0.333. The SMILES string of the molecule is CN(C)c1ccc(C(N)(Cl)C(N)(Cl)c2ccc(N(C)C)cc2)cc1.[Pt]. The maximum atomic E-state index is 6.62. The smallest absolute Gasteiger partial charge is 0.153 e. The van der Waals surface area contributed by atoms with Crippen molar-refractivity contribution in [3.63, 3.8) is 0 Å². The zero-order valence-corrected chi connectivity index (χ0v) is 18.5. The summed E-state index contributed by atoms with van der Waals surface area (Å²) in [5.41, 5.74) is 16.1. The molecule has 0 aliphatic rings. The molecule has 0 amide bonds. The molecule has 2 aromatic rings. The Morgan fingerprint density at radius 1 is 0.640 bits per heavy atom. The minimum Gasteiger partial charge on any atom is -0.378 e. The Bertz CT molecular complexity index is 622. The van der Waals surface area contributed by atoms with Crippen LogP contribution >= 0.6 is 23.2 Å². The van der Waals surface area contributed by atoms with Gasteiger partial charge in [-0.3, -0.25) is 0 Å². The van der Waals surface area contributed by atoms with Crippen LogP contribution in [0.25, 0.3) is 0 Å². The Labute approximate surface area is 174 Å². The van der Waals surface area contributed by atoms with Crippen LogP contribution in [-0.4, -0.2) is 28.2 Å². The van der Waals surface area contributed by atoms with Crippen molar-refractivity contribution in [2.45, 2.75) is 10.00 Å². The molecule has 0 radical (unpaired) electrons. The summed E-state index contributed by atoms with van der Waals surface area (Å²) >= 11 is 13.2. The first kappa shape index (κ1) is 22.3. The summed E-state index contributed by atoms with van der Waals surface area (Å²) in [6.07, 6.45) is 0. The predicted octanol–water partition coefficient (Wildman–Crippen LogP) is 3.22. The zero-order chi connectivity index (χ0) is 18.1. The van der Waals surface area contributed by atoms with Crippen molar-refractivity contribution >= 4 is 34.6 Å². The summed E-state index contributed by atoms with van der Waals surface area (Å²) in [7, 11) is 7.86. The Kier molecular flexibility index (Phi) is 7.38. The molecule has 0 aliphatic heterocycles. The number of nitrogens with two attached hydrogens (primary N) is 2. The van der Waals surface area contributed by atoms with Gasteiger partial charge in [-0.25, -0.2) is 0 Å². The molecule has 2 atom stereocenters. The molecule has 2 aromatic carbocycles. The molecular formula is C18H24Cl2N4Pt. The molecule has 2 rings (SSSR count). The molecule has 4 N–H and O–H groups in total. The fourth-order valence-corrected chi connectivity index (χ4v) is 2.89. The molecule has 0 bridgehead atoms. The van der Waals surface area contributed by atoms with Crippen molar-refractivity contribution in [1.82, 2.24) is 0 Å². The molecule has 25 heavy (non-hydrogen) atoms. The number of nitrogens with zero attached hydrogens (tertiary/aromatic N) is 2.